The van der Waals surface area contributed by atoms with E-state index < -0.39 is 0 Å². The number of amides is 1. The van der Waals surface area contributed by atoms with Gasteiger partial charge in [0, 0.05) is 19.6 Å². The molecule has 0 radical (unpaired) electrons. The summed E-state index contributed by atoms with van der Waals surface area (Å²) in [6.07, 6.45) is 2.37. The minimum Gasteiger partial charge on any atom is -0.493 e. The van der Waals surface area contributed by atoms with Crippen LogP contribution in [0.4, 0.5) is 0 Å². The van der Waals surface area contributed by atoms with Crippen LogP contribution in [0.1, 0.15) is 35.4 Å². The van der Waals surface area contributed by atoms with Crippen LogP contribution in [0.5, 0.6) is 11.5 Å². The minimum atomic E-state index is 0.163. The number of hydrogen-bond acceptors (Lipinski definition) is 4. The number of piperidine rings is 1. The van der Waals surface area contributed by atoms with Crippen LogP contribution in [-0.4, -0.2) is 38.1 Å². The topological polar surface area (TPSA) is 64.8 Å². The van der Waals surface area contributed by atoms with Crippen molar-refractivity contribution in [2.75, 3.05) is 27.3 Å². The fraction of sp³-hybridized carbons (Fsp3) is 0.409. The van der Waals surface area contributed by atoms with Crippen LogP contribution in [0, 0.1) is 0 Å². The summed E-state index contributed by atoms with van der Waals surface area (Å²) in [6.45, 7) is 2.16. The van der Waals surface area contributed by atoms with Gasteiger partial charge in [0.15, 0.2) is 11.5 Å². The number of ether oxygens (including phenoxy) is 2. The highest BCUT2D eigenvalue weighted by Crippen LogP contribution is 2.30. The first kappa shape index (κ1) is 19.2. The molecule has 0 aromatic heterocycles. The van der Waals surface area contributed by atoms with Gasteiger partial charge in [0.1, 0.15) is 0 Å². The lowest BCUT2D eigenvalue weighted by Gasteiger charge is -2.32. The summed E-state index contributed by atoms with van der Waals surface area (Å²) < 4.78 is 10.6. The standard InChI is InChI=1S/C22H28N2O3/c1-26-20-7-6-16(13-21(20)27-2)14-22(25)24-10-8-18(9-11-24)19-5-3-4-17(12-19)15-23/h3-7,12-13,18H,8-11,14-15,23H2,1-2H3. The molecule has 144 valence electrons. The van der Waals surface area contributed by atoms with E-state index in [0.717, 1.165) is 31.5 Å². The zero-order valence-electron chi connectivity index (χ0n) is 16.1. The Morgan fingerprint density at radius 3 is 2.44 bits per heavy atom. The highest BCUT2D eigenvalue weighted by atomic mass is 16.5. The Kier molecular flexibility index (Phi) is 6.35. The predicted molar refractivity (Wildman–Crippen MR) is 106 cm³/mol. The van der Waals surface area contributed by atoms with Crippen LogP contribution in [0.2, 0.25) is 0 Å². The lowest BCUT2D eigenvalue weighted by atomic mass is 9.88. The highest BCUT2D eigenvalue weighted by molar-refractivity contribution is 5.79. The van der Waals surface area contributed by atoms with Gasteiger partial charge in [0.2, 0.25) is 5.91 Å². The van der Waals surface area contributed by atoms with E-state index in [1.165, 1.54) is 11.1 Å². The van der Waals surface area contributed by atoms with E-state index in [-0.39, 0.29) is 5.91 Å². The molecule has 1 fully saturated rings. The lowest BCUT2D eigenvalue weighted by molar-refractivity contribution is -0.131. The van der Waals surface area contributed by atoms with Crippen LogP contribution < -0.4 is 15.2 Å². The first-order valence-corrected chi connectivity index (χ1v) is 9.42. The summed E-state index contributed by atoms with van der Waals surface area (Å²) in [4.78, 5) is 14.7. The second kappa shape index (κ2) is 8.91. The van der Waals surface area contributed by atoms with Crippen molar-refractivity contribution < 1.29 is 14.3 Å². The number of nitrogens with two attached hydrogens (primary N) is 1. The molecule has 0 aliphatic carbocycles. The summed E-state index contributed by atoms with van der Waals surface area (Å²) in [6, 6.07) is 14.2. The molecule has 0 unspecified atom stereocenters. The van der Waals surface area contributed by atoms with E-state index in [2.05, 4.69) is 24.3 Å². The van der Waals surface area contributed by atoms with Crippen LogP contribution in [0.25, 0.3) is 0 Å². The van der Waals surface area contributed by atoms with Gasteiger partial charge in [-0.25, -0.2) is 0 Å². The molecule has 27 heavy (non-hydrogen) atoms. The van der Waals surface area contributed by atoms with Gasteiger partial charge in [-0.3, -0.25) is 4.79 Å². The lowest BCUT2D eigenvalue weighted by Crippen LogP contribution is -2.38. The number of rotatable bonds is 6. The molecule has 1 heterocycles. The van der Waals surface area contributed by atoms with Crippen molar-refractivity contribution in [1.82, 2.24) is 4.90 Å². The molecule has 0 saturated carbocycles. The predicted octanol–water partition coefficient (Wildman–Crippen LogP) is 3.11. The van der Waals surface area contributed by atoms with Gasteiger partial charge in [0.25, 0.3) is 0 Å². The average molecular weight is 368 g/mol. The average Bonchev–Trinajstić information content (AvgIpc) is 2.73. The van der Waals surface area contributed by atoms with E-state index in [1.54, 1.807) is 14.2 Å². The zero-order valence-corrected chi connectivity index (χ0v) is 16.1. The SMILES string of the molecule is COc1ccc(CC(=O)N2CCC(c3cccc(CN)c3)CC2)cc1OC. The number of benzene rings is 2. The number of carbonyl (C=O) groups is 1. The molecular formula is C22H28N2O3. The van der Waals surface area contributed by atoms with Gasteiger partial charge < -0.3 is 20.1 Å². The van der Waals surface area contributed by atoms with Crippen molar-refractivity contribution in [2.24, 2.45) is 5.73 Å². The maximum Gasteiger partial charge on any atom is 0.226 e. The maximum atomic E-state index is 12.7. The maximum absolute atomic E-state index is 12.7. The van der Waals surface area contributed by atoms with Crippen molar-refractivity contribution in [3.63, 3.8) is 0 Å². The van der Waals surface area contributed by atoms with E-state index in [0.29, 0.717) is 30.4 Å². The molecule has 2 aromatic rings. The van der Waals surface area contributed by atoms with Crippen LogP contribution >= 0.6 is 0 Å². The molecule has 3 rings (SSSR count). The van der Waals surface area contributed by atoms with E-state index in [4.69, 9.17) is 15.2 Å². The largest absolute Gasteiger partial charge is 0.493 e. The second-order valence-corrected chi connectivity index (χ2v) is 6.97. The first-order chi connectivity index (χ1) is 13.1. The van der Waals surface area contributed by atoms with Crippen molar-refractivity contribution >= 4 is 5.91 Å². The van der Waals surface area contributed by atoms with Crippen LogP contribution in [0.15, 0.2) is 42.5 Å². The number of methoxy groups -OCH3 is 2. The molecule has 2 aromatic carbocycles. The van der Waals surface area contributed by atoms with Crippen molar-refractivity contribution in [3.8, 4) is 11.5 Å². The fourth-order valence-corrected chi connectivity index (χ4v) is 3.71. The van der Waals surface area contributed by atoms with Crippen LogP contribution in [-0.2, 0) is 17.8 Å². The monoisotopic (exact) mass is 368 g/mol. The van der Waals surface area contributed by atoms with E-state index in [9.17, 15) is 4.79 Å². The van der Waals surface area contributed by atoms with Gasteiger partial charge in [0.05, 0.1) is 20.6 Å². The zero-order chi connectivity index (χ0) is 19.2. The molecule has 0 atom stereocenters. The molecule has 1 amide bonds. The Labute approximate surface area is 161 Å². The van der Waals surface area contributed by atoms with Crippen molar-refractivity contribution in [1.29, 1.82) is 0 Å². The van der Waals surface area contributed by atoms with E-state index >= 15 is 0 Å². The quantitative estimate of drug-likeness (QED) is 0.851. The smallest absolute Gasteiger partial charge is 0.226 e. The number of nitrogens with zero attached hydrogens (tertiary/aromatic N) is 1. The number of likely N-dealkylation sites (tertiary alicyclic amines) is 1. The van der Waals surface area contributed by atoms with Gasteiger partial charge in [-0.15, -0.1) is 0 Å². The van der Waals surface area contributed by atoms with Crippen molar-refractivity contribution in [3.05, 3.63) is 59.2 Å². The Morgan fingerprint density at radius 1 is 1.04 bits per heavy atom. The Hall–Kier alpha value is -2.53. The Balaban J connectivity index is 1.58. The minimum absolute atomic E-state index is 0.163. The molecular weight excluding hydrogens is 340 g/mol. The number of hydrogen-bond donors (Lipinski definition) is 1. The Morgan fingerprint density at radius 2 is 1.78 bits per heavy atom. The van der Waals surface area contributed by atoms with Crippen molar-refractivity contribution in [2.45, 2.75) is 31.7 Å². The van der Waals surface area contributed by atoms with Crippen LogP contribution in [0.3, 0.4) is 0 Å². The third-order valence-corrected chi connectivity index (χ3v) is 5.31. The Bertz CT molecular complexity index is 783. The fourth-order valence-electron chi connectivity index (χ4n) is 3.71. The van der Waals surface area contributed by atoms with Gasteiger partial charge in [-0.1, -0.05) is 30.3 Å². The normalized spacial score (nSPS) is 14.9. The summed E-state index contributed by atoms with van der Waals surface area (Å²) in [5.74, 6) is 1.99. The van der Waals surface area contributed by atoms with Gasteiger partial charge in [-0.05, 0) is 47.6 Å². The number of carbonyl (C=O) groups excluding carboxylic acids is 1. The summed E-state index contributed by atoms with van der Waals surface area (Å²) in [7, 11) is 3.21. The summed E-state index contributed by atoms with van der Waals surface area (Å²) in [5, 5.41) is 0. The molecule has 1 aliphatic heterocycles. The van der Waals surface area contributed by atoms with E-state index in [1.807, 2.05) is 23.1 Å². The molecule has 1 saturated heterocycles. The molecule has 5 nitrogen and oxygen atoms in total. The van der Waals surface area contributed by atoms with Gasteiger partial charge >= 0.3 is 0 Å². The highest BCUT2D eigenvalue weighted by Gasteiger charge is 2.24. The molecule has 0 spiro atoms. The molecule has 5 heteroatoms. The first-order valence-electron chi connectivity index (χ1n) is 9.42. The second-order valence-electron chi connectivity index (χ2n) is 6.97. The summed E-state index contributed by atoms with van der Waals surface area (Å²) in [5.41, 5.74) is 9.20. The molecule has 0 bridgehead atoms. The third-order valence-electron chi connectivity index (χ3n) is 5.31. The summed E-state index contributed by atoms with van der Waals surface area (Å²) >= 11 is 0. The van der Waals surface area contributed by atoms with Gasteiger partial charge in [-0.2, -0.15) is 0 Å². The third kappa shape index (κ3) is 4.61. The molecule has 2 N–H and O–H groups in total. The molecule has 1 aliphatic rings.